The van der Waals surface area contributed by atoms with E-state index in [4.69, 9.17) is 5.11 Å². The summed E-state index contributed by atoms with van der Waals surface area (Å²) in [7, 11) is -3.63. The molecule has 19 heavy (non-hydrogen) atoms. The minimum Gasteiger partial charge on any atom is -0.481 e. The second-order valence-corrected chi connectivity index (χ2v) is 7.41. The van der Waals surface area contributed by atoms with Gasteiger partial charge in [-0.1, -0.05) is 18.2 Å². The average Bonchev–Trinajstić information content (AvgIpc) is 2.46. The van der Waals surface area contributed by atoms with E-state index >= 15 is 0 Å². The maximum absolute atomic E-state index is 12.6. The van der Waals surface area contributed by atoms with Gasteiger partial charge in [-0.3, -0.25) is 4.79 Å². The molecule has 104 valence electrons. The van der Waals surface area contributed by atoms with E-state index in [1.165, 1.54) is 10.4 Å². The topological polar surface area (TPSA) is 74.7 Å². The quantitative estimate of drug-likeness (QED) is 0.901. The zero-order valence-electron chi connectivity index (χ0n) is 11.1. The molecule has 0 aliphatic carbocycles. The van der Waals surface area contributed by atoms with Crippen LogP contribution in [0.3, 0.4) is 0 Å². The van der Waals surface area contributed by atoms with E-state index in [9.17, 15) is 13.2 Å². The van der Waals surface area contributed by atoms with Gasteiger partial charge in [0.05, 0.1) is 17.4 Å². The summed E-state index contributed by atoms with van der Waals surface area (Å²) in [6.45, 7) is 5.31. The molecule has 5 nitrogen and oxygen atoms in total. The molecule has 1 atom stereocenters. The molecule has 0 saturated carbocycles. The second kappa shape index (κ2) is 4.31. The lowest BCUT2D eigenvalue weighted by atomic mass is 9.99. The Morgan fingerprint density at radius 1 is 1.32 bits per heavy atom. The Morgan fingerprint density at radius 2 is 1.89 bits per heavy atom. The molecular weight excluding hydrogens is 266 g/mol. The molecule has 1 N–H and O–H groups in total. The van der Waals surface area contributed by atoms with Crippen molar-refractivity contribution in [2.45, 2.75) is 43.7 Å². The van der Waals surface area contributed by atoms with E-state index in [0.29, 0.717) is 5.56 Å². The van der Waals surface area contributed by atoms with Crippen LogP contribution in [0.1, 0.15) is 38.8 Å². The van der Waals surface area contributed by atoms with Gasteiger partial charge in [-0.25, -0.2) is 8.42 Å². The fraction of sp³-hybridized carbons (Fsp3) is 0.462. The summed E-state index contributed by atoms with van der Waals surface area (Å²) < 4.78 is 26.4. The average molecular weight is 283 g/mol. The number of benzene rings is 1. The van der Waals surface area contributed by atoms with Gasteiger partial charge < -0.3 is 5.11 Å². The molecule has 0 amide bonds. The van der Waals surface area contributed by atoms with Crippen molar-refractivity contribution < 1.29 is 18.3 Å². The standard InChI is InChI=1S/C13H17NO4S/c1-13(2,3)14-10(8-12(15)16)9-6-4-5-7-11(9)19(14,17)18/h4-7,10H,8H2,1-3H3,(H,15,16)/t10-/m0/s1. The monoisotopic (exact) mass is 283 g/mol. The summed E-state index contributed by atoms with van der Waals surface area (Å²) in [5, 5.41) is 9.03. The molecule has 0 unspecified atom stereocenters. The van der Waals surface area contributed by atoms with Crippen molar-refractivity contribution in [1.29, 1.82) is 0 Å². The summed E-state index contributed by atoms with van der Waals surface area (Å²) in [5.74, 6) is -1.01. The highest BCUT2D eigenvalue weighted by Crippen LogP contribution is 2.45. The highest BCUT2D eigenvalue weighted by Gasteiger charge is 2.48. The Balaban J connectivity index is 2.65. The van der Waals surface area contributed by atoms with E-state index in [2.05, 4.69) is 0 Å². The molecule has 1 aromatic rings. The Bertz CT molecular complexity index is 616. The highest BCUT2D eigenvalue weighted by molar-refractivity contribution is 7.89. The number of carboxylic acids is 1. The zero-order chi connectivity index (χ0) is 14.4. The van der Waals surface area contributed by atoms with Crippen LogP contribution in [-0.2, 0) is 14.8 Å². The largest absolute Gasteiger partial charge is 0.481 e. The van der Waals surface area contributed by atoms with Gasteiger partial charge in [0.2, 0.25) is 10.0 Å². The highest BCUT2D eigenvalue weighted by atomic mass is 32.2. The molecule has 1 aromatic carbocycles. The summed E-state index contributed by atoms with van der Waals surface area (Å²) in [6, 6.07) is 5.96. The number of hydrogen-bond donors (Lipinski definition) is 1. The number of aliphatic carboxylic acids is 1. The van der Waals surface area contributed by atoms with Crippen LogP contribution in [0.25, 0.3) is 0 Å². The van der Waals surface area contributed by atoms with Crippen molar-refractivity contribution in [2.24, 2.45) is 0 Å². The van der Waals surface area contributed by atoms with Crippen molar-refractivity contribution in [1.82, 2.24) is 4.31 Å². The maximum atomic E-state index is 12.6. The number of carbonyl (C=O) groups is 1. The normalized spacial score (nSPS) is 22.2. The molecule has 0 bridgehead atoms. The van der Waals surface area contributed by atoms with E-state index in [1.807, 2.05) is 0 Å². The van der Waals surface area contributed by atoms with Crippen molar-refractivity contribution in [3.63, 3.8) is 0 Å². The number of sulfonamides is 1. The minimum atomic E-state index is -3.63. The SMILES string of the molecule is CC(C)(C)N1[C@@H](CC(=O)O)c2ccccc2S1(=O)=O. The maximum Gasteiger partial charge on any atom is 0.305 e. The van der Waals surface area contributed by atoms with Crippen LogP contribution in [0.15, 0.2) is 29.2 Å². The summed E-state index contributed by atoms with van der Waals surface area (Å²) in [6.07, 6.45) is -0.229. The number of carboxylic acid groups (broad SMARTS) is 1. The molecule has 6 heteroatoms. The predicted octanol–water partition coefficient (Wildman–Crippen LogP) is 2.01. The van der Waals surface area contributed by atoms with Gasteiger partial charge in [0.25, 0.3) is 0 Å². The van der Waals surface area contributed by atoms with Crippen LogP contribution in [0, 0.1) is 0 Å². The molecule has 0 spiro atoms. The summed E-state index contributed by atoms with van der Waals surface area (Å²) in [4.78, 5) is 11.2. The first-order valence-electron chi connectivity index (χ1n) is 6.01. The van der Waals surface area contributed by atoms with E-state index in [1.54, 1.807) is 39.0 Å². The molecule has 0 aromatic heterocycles. The molecular formula is C13H17NO4S. The van der Waals surface area contributed by atoms with Gasteiger partial charge in [0, 0.05) is 5.54 Å². The zero-order valence-corrected chi connectivity index (χ0v) is 11.9. The summed E-state index contributed by atoms with van der Waals surface area (Å²) >= 11 is 0. The number of rotatable bonds is 2. The lowest BCUT2D eigenvalue weighted by molar-refractivity contribution is -0.138. The molecule has 1 aliphatic heterocycles. The van der Waals surface area contributed by atoms with E-state index in [-0.39, 0.29) is 11.3 Å². The Kier molecular flexibility index (Phi) is 3.18. The first kappa shape index (κ1) is 14.0. The number of nitrogens with zero attached hydrogens (tertiary/aromatic N) is 1. The Hall–Kier alpha value is -1.40. The third kappa shape index (κ3) is 2.26. The Morgan fingerprint density at radius 3 is 2.42 bits per heavy atom. The van der Waals surface area contributed by atoms with Crippen LogP contribution < -0.4 is 0 Å². The van der Waals surface area contributed by atoms with Gasteiger partial charge >= 0.3 is 5.97 Å². The predicted molar refractivity (Wildman–Crippen MR) is 70.2 cm³/mol. The lowest BCUT2D eigenvalue weighted by Gasteiger charge is -2.34. The van der Waals surface area contributed by atoms with E-state index < -0.39 is 27.6 Å². The van der Waals surface area contributed by atoms with Crippen molar-refractivity contribution in [2.75, 3.05) is 0 Å². The molecule has 2 rings (SSSR count). The molecule has 1 aliphatic rings. The molecule has 0 saturated heterocycles. The minimum absolute atomic E-state index is 0.219. The van der Waals surface area contributed by atoms with Gasteiger partial charge in [-0.05, 0) is 32.4 Å². The van der Waals surface area contributed by atoms with Crippen molar-refractivity contribution >= 4 is 16.0 Å². The van der Waals surface area contributed by atoms with Crippen LogP contribution >= 0.6 is 0 Å². The van der Waals surface area contributed by atoms with Gasteiger partial charge in [0.1, 0.15) is 0 Å². The smallest absolute Gasteiger partial charge is 0.305 e. The number of fused-ring (bicyclic) bond motifs is 1. The third-order valence-corrected chi connectivity index (χ3v) is 5.37. The fourth-order valence-electron chi connectivity index (χ4n) is 2.58. The summed E-state index contributed by atoms with van der Waals surface area (Å²) in [5.41, 5.74) is -0.0994. The lowest BCUT2D eigenvalue weighted by Crippen LogP contribution is -2.44. The first-order chi connectivity index (χ1) is 8.65. The van der Waals surface area contributed by atoms with Crippen molar-refractivity contribution in [3.05, 3.63) is 29.8 Å². The second-order valence-electron chi connectivity index (χ2n) is 5.62. The van der Waals surface area contributed by atoms with Crippen LogP contribution in [0.5, 0.6) is 0 Å². The van der Waals surface area contributed by atoms with Crippen LogP contribution in [0.2, 0.25) is 0 Å². The van der Waals surface area contributed by atoms with Gasteiger partial charge in [-0.15, -0.1) is 0 Å². The molecule has 0 fully saturated rings. The number of hydrogen-bond acceptors (Lipinski definition) is 3. The van der Waals surface area contributed by atoms with Gasteiger partial charge in [0.15, 0.2) is 0 Å². The van der Waals surface area contributed by atoms with E-state index in [0.717, 1.165) is 0 Å². The Labute approximate surface area is 112 Å². The fourth-order valence-corrected chi connectivity index (χ4v) is 4.79. The third-order valence-electron chi connectivity index (χ3n) is 3.13. The first-order valence-corrected chi connectivity index (χ1v) is 7.45. The van der Waals surface area contributed by atoms with Crippen molar-refractivity contribution in [3.8, 4) is 0 Å². The molecule has 1 heterocycles. The van der Waals surface area contributed by atoms with Crippen LogP contribution in [0.4, 0.5) is 0 Å². The molecule has 0 radical (unpaired) electrons. The van der Waals surface area contributed by atoms with Crippen LogP contribution in [-0.4, -0.2) is 29.3 Å². The van der Waals surface area contributed by atoms with Gasteiger partial charge in [-0.2, -0.15) is 4.31 Å².